The van der Waals surface area contributed by atoms with Gasteiger partial charge in [-0.25, -0.2) is 4.98 Å². The predicted molar refractivity (Wildman–Crippen MR) is 113 cm³/mol. The van der Waals surface area contributed by atoms with Crippen molar-refractivity contribution in [3.63, 3.8) is 0 Å². The third-order valence-corrected chi connectivity index (χ3v) is 5.75. The molecule has 1 amide bonds. The lowest BCUT2D eigenvalue weighted by Gasteiger charge is -2.25. The van der Waals surface area contributed by atoms with Crippen LogP contribution in [0.5, 0.6) is 0 Å². The van der Waals surface area contributed by atoms with Gasteiger partial charge in [-0.05, 0) is 55.9 Å². The van der Waals surface area contributed by atoms with E-state index in [1.54, 1.807) is 0 Å². The van der Waals surface area contributed by atoms with Gasteiger partial charge in [-0.2, -0.15) is 0 Å². The van der Waals surface area contributed by atoms with Crippen LogP contribution >= 0.6 is 0 Å². The molecule has 1 aliphatic rings. The molecule has 0 saturated carbocycles. The number of hydrogen-bond acceptors (Lipinski definition) is 3. The van der Waals surface area contributed by atoms with E-state index >= 15 is 0 Å². The van der Waals surface area contributed by atoms with Crippen LogP contribution in [0.25, 0.3) is 0 Å². The first kappa shape index (κ1) is 19.4. The molecule has 150 valence electrons. The number of rotatable bonds is 7. The molecular weight excluding hydrogens is 360 g/mol. The fourth-order valence-electron chi connectivity index (χ4n) is 4.19. The van der Waals surface area contributed by atoms with E-state index in [9.17, 15) is 4.79 Å². The lowest BCUT2D eigenvalue weighted by molar-refractivity contribution is -0.132. The molecule has 1 saturated heterocycles. The van der Waals surface area contributed by atoms with E-state index in [0.717, 1.165) is 50.3 Å². The molecule has 0 bridgehead atoms. The zero-order valence-electron chi connectivity index (χ0n) is 17.0. The van der Waals surface area contributed by atoms with Crippen LogP contribution in [0.1, 0.15) is 54.4 Å². The maximum Gasteiger partial charge on any atom is 0.223 e. The summed E-state index contributed by atoms with van der Waals surface area (Å²) in [6, 6.07) is 14.5. The zero-order chi connectivity index (χ0) is 20.1. The van der Waals surface area contributed by atoms with Crippen molar-refractivity contribution < 1.29 is 4.79 Å². The number of carbonyl (C=O) groups excluding carboxylic acids is 1. The van der Waals surface area contributed by atoms with Gasteiger partial charge < -0.3 is 9.47 Å². The molecule has 5 heteroatoms. The summed E-state index contributed by atoms with van der Waals surface area (Å²) in [5, 5.41) is 0. The minimum Gasteiger partial charge on any atom is -0.333 e. The van der Waals surface area contributed by atoms with Gasteiger partial charge in [0.15, 0.2) is 0 Å². The first-order chi connectivity index (χ1) is 14.2. The number of likely N-dealkylation sites (tertiary alicyclic amines) is 1. The molecule has 4 rings (SSSR count). The summed E-state index contributed by atoms with van der Waals surface area (Å²) in [7, 11) is 0. The third-order valence-electron chi connectivity index (χ3n) is 5.75. The standard InChI is InChI=1S/C24H28N4O/c1-19-17-26-24(28(19)18-21-12-14-25-15-13-21)22-10-6-16-27(22)23(29)11-5-9-20-7-3-2-4-8-20/h2-4,7-8,12-15,17,22H,5-6,9-11,16,18H2,1H3. The Bertz CT molecular complexity index is 936. The number of benzene rings is 1. The summed E-state index contributed by atoms with van der Waals surface area (Å²) in [5.41, 5.74) is 3.61. The quantitative estimate of drug-likeness (QED) is 0.606. The second kappa shape index (κ2) is 9.03. The Morgan fingerprint density at radius 1 is 1.10 bits per heavy atom. The molecule has 1 atom stereocenters. The number of imidazole rings is 1. The highest BCUT2D eigenvalue weighted by molar-refractivity contribution is 5.77. The van der Waals surface area contributed by atoms with Crippen molar-refractivity contribution in [3.8, 4) is 0 Å². The van der Waals surface area contributed by atoms with Gasteiger partial charge in [-0.1, -0.05) is 30.3 Å². The number of amides is 1. The second-order valence-corrected chi connectivity index (χ2v) is 7.78. The monoisotopic (exact) mass is 388 g/mol. The highest BCUT2D eigenvalue weighted by Crippen LogP contribution is 2.32. The van der Waals surface area contributed by atoms with Crippen LogP contribution in [0.2, 0.25) is 0 Å². The van der Waals surface area contributed by atoms with Gasteiger partial charge in [-0.15, -0.1) is 0 Å². The van der Waals surface area contributed by atoms with Gasteiger partial charge in [0.1, 0.15) is 5.82 Å². The Morgan fingerprint density at radius 3 is 2.69 bits per heavy atom. The molecule has 0 radical (unpaired) electrons. The van der Waals surface area contributed by atoms with E-state index in [4.69, 9.17) is 4.98 Å². The van der Waals surface area contributed by atoms with Crippen molar-refractivity contribution in [3.05, 3.63) is 83.7 Å². The van der Waals surface area contributed by atoms with E-state index in [-0.39, 0.29) is 11.9 Å². The maximum atomic E-state index is 13.0. The van der Waals surface area contributed by atoms with Crippen LogP contribution in [-0.4, -0.2) is 31.9 Å². The molecule has 0 spiro atoms. The van der Waals surface area contributed by atoms with Gasteiger partial charge in [0, 0.05) is 43.8 Å². The van der Waals surface area contributed by atoms with Crippen molar-refractivity contribution in [1.29, 1.82) is 0 Å². The molecule has 3 aromatic rings. The first-order valence-corrected chi connectivity index (χ1v) is 10.5. The summed E-state index contributed by atoms with van der Waals surface area (Å²) in [6.45, 7) is 3.67. The summed E-state index contributed by atoms with van der Waals surface area (Å²) >= 11 is 0. The molecule has 2 aromatic heterocycles. The maximum absolute atomic E-state index is 13.0. The fourth-order valence-corrected chi connectivity index (χ4v) is 4.19. The van der Waals surface area contributed by atoms with Crippen molar-refractivity contribution in [2.75, 3.05) is 6.54 Å². The van der Waals surface area contributed by atoms with Gasteiger partial charge in [-0.3, -0.25) is 9.78 Å². The van der Waals surface area contributed by atoms with Gasteiger partial charge >= 0.3 is 0 Å². The van der Waals surface area contributed by atoms with Crippen LogP contribution in [-0.2, 0) is 17.8 Å². The third kappa shape index (κ3) is 4.56. The molecule has 1 unspecified atom stereocenters. The van der Waals surface area contributed by atoms with Crippen LogP contribution in [0.3, 0.4) is 0 Å². The molecule has 3 heterocycles. The van der Waals surface area contributed by atoms with Crippen LogP contribution in [0, 0.1) is 6.92 Å². The van der Waals surface area contributed by atoms with Crippen LogP contribution in [0.15, 0.2) is 61.1 Å². The minimum atomic E-state index is 0.0785. The van der Waals surface area contributed by atoms with Crippen LogP contribution < -0.4 is 0 Å². The lowest BCUT2D eigenvalue weighted by Crippen LogP contribution is -2.32. The molecule has 0 aliphatic carbocycles. The largest absolute Gasteiger partial charge is 0.333 e. The van der Waals surface area contributed by atoms with E-state index in [1.165, 1.54) is 11.1 Å². The van der Waals surface area contributed by atoms with E-state index in [1.807, 2.05) is 36.8 Å². The molecule has 1 aromatic carbocycles. The number of nitrogens with zero attached hydrogens (tertiary/aromatic N) is 4. The zero-order valence-corrected chi connectivity index (χ0v) is 17.0. The smallest absolute Gasteiger partial charge is 0.223 e. The highest BCUT2D eigenvalue weighted by Gasteiger charge is 2.32. The lowest BCUT2D eigenvalue weighted by atomic mass is 10.1. The highest BCUT2D eigenvalue weighted by atomic mass is 16.2. The second-order valence-electron chi connectivity index (χ2n) is 7.78. The first-order valence-electron chi connectivity index (χ1n) is 10.5. The average molecular weight is 389 g/mol. The van der Waals surface area contributed by atoms with Crippen LogP contribution in [0.4, 0.5) is 0 Å². The van der Waals surface area contributed by atoms with Gasteiger partial charge in [0.25, 0.3) is 0 Å². The predicted octanol–water partition coefficient (Wildman–Crippen LogP) is 4.32. The summed E-state index contributed by atoms with van der Waals surface area (Å²) in [5.74, 6) is 1.26. The van der Waals surface area contributed by atoms with Gasteiger partial charge in [0.05, 0.1) is 6.04 Å². The fraction of sp³-hybridized carbons (Fsp3) is 0.375. The Kier molecular flexibility index (Phi) is 6.03. The summed E-state index contributed by atoms with van der Waals surface area (Å²) in [6.07, 6.45) is 10.0. The Labute approximate surface area is 172 Å². The van der Waals surface area contributed by atoms with Gasteiger partial charge in [0.2, 0.25) is 5.91 Å². The number of pyridine rings is 1. The molecular formula is C24H28N4O. The number of carbonyl (C=O) groups is 1. The molecule has 5 nitrogen and oxygen atoms in total. The van der Waals surface area contributed by atoms with Crippen molar-refractivity contribution in [2.45, 2.75) is 51.6 Å². The summed E-state index contributed by atoms with van der Waals surface area (Å²) in [4.78, 5) is 23.8. The number of aromatic nitrogens is 3. The van der Waals surface area contributed by atoms with Crippen molar-refractivity contribution >= 4 is 5.91 Å². The Morgan fingerprint density at radius 2 is 1.90 bits per heavy atom. The van der Waals surface area contributed by atoms with E-state index in [0.29, 0.717) is 6.42 Å². The Hall–Kier alpha value is -2.95. The van der Waals surface area contributed by atoms with E-state index < -0.39 is 0 Å². The molecule has 1 aliphatic heterocycles. The minimum absolute atomic E-state index is 0.0785. The number of aryl methyl sites for hydroxylation is 2. The Balaban J connectivity index is 1.43. The molecule has 0 N–H and O–H groups in total. The topological polar surface area (TPSA) is 51.0 Å². The SMILES string of the molecule is Cc1cnc(C2CCCN2C(=O)CCCc2ccccc2)n1Cc1ccncc1. The molecule has 1 fully saturated rings. The average Bonchev–Trinajstić information content (AvgIpc) is 3.37. The summed E-state index contributed by atoms with van der Waals surface area (Å²) < 4.78 is 2.25. The van der Waals surface area contributed by atoms with E-state index in [2.05, 4.69) is 45.6 Å². The molecule has 29 heavy (non-hydrogen) atoms. The van der Waals surface area contributed by atoms with Crippen molar-refractivity contribution in [2.24, 2.45) is 0 Å². The number of hydrogen-bond donors (Lipinski definition) is 0. The van der Waals surface area contributed by atoms with Crippen molar-refractivity contribution in [1.82, 2.24) is 19.4 Å². The normalized spacial score (nSPS) is 16.3.